The minimum absolute atomic E-state index is 0.255. The fraction of sp³-hybridized carbons (Fsp3) is 0.368. The summed E-state index contributed by atoms with van der Waals surface area (Å²) in [5.74, 6) is 0.881. The molecule has 1 atom stereocenters. The first kappa shape index (κ1) is 15.6. The number of hydrogen-bond acceptors (Lipinski definition) is 2. The van der Waals surface area contributed by atoms with Crippen LogP contribution in [0.15, 0.2) is 42.5 Å². The second-order valence-electron chi connectivity index (χ2n) is 6.35. The van der Waals surface area contributed by atoms with Crippen LogP contribution in [-0.4, -0.2) is 12.6 Å². The predicted octanol–water partition coefficient (Wildman–Crippen LogP) is 3.81. The third-order valence-electron chi connectivity index (χ3n) is 3.66. The van der Waals surface area contributed by atoms with Crippen molar-refractivity contribution in [1.29, 1.82) is 0 Å². The zero-order chi connectivity index (χ0) is 15.5. The first-order chi connectivity index (χ1) is 9.88. The fourth-order valence-corrected chi connectivity index (χ4v) is 2.91. The van der Waals surface area contributed by atoms with Gasteiger partial charge in [0.05, 0.1) is 7.11 Å². The predicted molar refractivity (Wildman–Crippen MR) is 88.9 cm³/mol. The van der Waals surface area contributed by atoms with Crippen molar-refractivity contribution in [2.24, 2.45) is 5.73 Å². The lowest BCUT2D eigenvalue weighted by Gasteiger charge is -2.25. The maximum Gasteiger partial charge on any atom is 0.118 e. The molecule has 2 aromatic rings. The van der Waals surface area contributed by atoms with Gasteiger partial charge in [0, 0.05) is 5.54 Å². The van der Waals surface area contributed by atoms with Crippen molar-refractivity contribution in [2.75, 3.05) is 7.11 Å². The molecule has 0 aromatic heterocycles. The second-order valence-corrected chi connectivity index (χ2v) is 6.35. The summed E-state index contributed by atoms with van der Waals surface area (Å²) >= 11 is 0. The summed E-state index contributed by atoms with van der Waals surface area (Å²) in [5.41, 5.74) is 11.4. The van der Waals surface area contributed by atoms with E-state index < -0.39 is 0 Å². The van der Waals surface area contributed by atoms with Gasteiger partial charge in [0.25, 0.3) is 0 Å². The molecular weight excluding hydrogens is 258 g/mol. The Morgan fingerprint density at radius 1 is 0.905 bits per heavy atom. The third kappa shape index (κ3) is 4.61. The maximum absolute atomic E-state index is 6.52. The molecule has 0 saturated heterocycles. The molecule has 2 N–H and O–H groups in total. The lowest BCUT2D eigenvalue weighted by Crippen LogP contribution is -2.40. The molecule has 0 fully saturated rings. The molecule has 0 aliphatic heterocycles. The normalized spacial score (nSPS) is 13.8. The van der Waals surface area contributed by atoms with Crippen LogP contribution < -0.4 is 10.5 Å². The average Bonchev–Trinajstić information content (AvgIpc) is 2.37. The fourth-order valence-electron chi connectivity index (χ4n) is 2.91. The molecule has 0 bridgehead atoms. The third-order valence-corrected chi connectivity index (χ3v) is 3.66. The Kier molecular flexibility index (Phi) is 4.69. The Morgan fingerprint density at radius 3 is 1.95 bits per heavy atom. The van der Waals surface area contributed by atoms with E-state index in [9.17, 15) is 0 Å². The molecule has 21 heavy (non-hydrogen) atoms. The number of rotatable bonds is 5. The van der Waals surface area contributed by atoms with E-state index in [0.717, 1.165) is 18.6 Å². The van der Waals surface area contributed by atoms with Gasteiger partial charge in [-0.2, -0.15) is 0 Å². The second kappa shape index (κ2) is 6.31. The Hall–Kier alpha value is -1.80. The van der Waals surface area contributed by atoms with E-state index >= 15 is 0 Å². The summed E-state index contributed by atoms with van der Waals surface area (Å²) < 4.78 is 5.19. The molecule has 0 spiro atoms. The lowest BCUT2D eigenvalue weighted by atomic mass is 9.86. The van der Waals surface area contributed by atoms with Crippen molar-refractivity contribution in [3.63, 3.8) is 0 Å². The Labute approximate surface area is 127 Å². The smallest absolute Gasteiger partial charge is 0.118 e. The largest absolute Gasteiger partial charge is 0.497 e. The topological polar surface area (TPSA) is 35.2 Å². The van der Waals surface area contributed by atoms with E-state index in [0.29, 0.717) is 0 Å². The Balaban J connectivity index is 2.09. The molecule has 1 unspecified atom stereocenters. The molecule has 2 heteroatoms. The van der Waals surface area contributed by atoms with E-state index in [4.69, 9.17) is 10.5 Å². The van der Waals surface area contributed by atoms with Gasteiger partial charge in [0.1, 0.15) is 5.75 Å². The number of nitrogens with two attached hydrogens (primary N) is 1. The number of ether oxygens (including phenoxy) is 1. The van der Waals surface area contributed by atoms with Gasteiger partial charge in [-0.1, -0.05) is 41.5 Å². The summed E-state index contributed by atoms with van der Waals surface area (Å²) in [5, 5.41) is 0. The SMILES string of the molecule is COc1ccc(CC(C)(N)Cc2cc(C)cc(C)c2)cc1. The average molecular weight is 283 g/mol. The Bertz CT molecular complexity index is 579. The lowest BCUT2D eigenvalue weighted by molar-refractivity contribution is 0.414. The first-order valence-electron chi connectivity index (χ1n) is 7.37. The summed E-state index contributed by atoms with van der Waals surface area (Å²) in [6, 6.07) is 14.8. The molecule has 2 rings (SSSR count). The van der Waals surface area contributed by atoms with Crippen molar-refractivity contribution in [3.8, 4) is 5.75 Å². The summed E-state index contributed by atoms with van der Waals surface area (Å²) in [7, 11) is 1.68. The van der Waals surface area contributed by atoms with Crippen LogP contribution in [0.2, 0.25) is 0 Å². The van der Waals surface area contributed by atoms with Crippen molar-refractivity contribution >= 4 is 0 Å². The van der Waals surface area contributed by atoms with Crippen molar-refractivity contribution < 1.29 is 4.74 Å². The first-order valence-corrected chi connectivity index (χ1v) is 7.37. The van der Waals surface area contributed by atoms with Crippen molar-refractivity contribution in [1.82, 2.24) is 0 Å². The van der Waals surface area contributed by atoms with Crippen LogP contribution in [-0.2, 0) is 12.8 Å². The zero-order valence-corrected chi connectivity index (χ0v) is 13.4. The van der Waals surface area contributed by atoms with Crippen LogP contribution >= 0.6 is 0 Å². The number of benzene rings is 2. The van der Waals surface area contributed by atoms with Gasteiger partial charge in [0.15, 0.2) is 0 Å². The van der Waals surface area contributed by atoms with Crippen LogP contribution in [0.1, 0.15) is 29.2 Å². The highest BCUT2D eigenvalue weighted by Gasteiger charge is 2.20. The quantitative estimate of drug-likeness (QED) is 0.905. The number of aryl methyl sites for hydroxylation is 2. The van der Waals surface area contributed by atoms with Crippen molar-refractivity contribution in [2.45, 2.75) is 39.2 Å². The van der Waals surface area contributed by atoms with E-state index in [1.165, 1.54) is 22.3 Å². The molecular formula is C19H25NO. The standard InChI is InChI=1S/C19H25NO/c1-14-9-15(2)11-17(10-14)13-19(3,20)12-16-5-7-18(21-4)8-6-16/h5-11H,12-13,20H2,1-4H3. The summed E-state index contributed by atoms with van der Waals surface area (Å²) in [6.07, 6.45) is 1.73. The molecule has 2 aromatic carbocycles. The highest BCUT2D eigenvalue weighted by atomic mass is 16.5. The van der Waals surface area contributed by atoms with Gasteiger partial charge in [-0.05, 0) is 56.9 Å². The van der Waals surface area contributed by atoms with Gasteiger partial charge in [-0.15, -0.1) is 0 Å². The maximum atomic E-state index is 6.52. The number of methoxy groups -OCH3 is 1. The van der Waals surface area contributed by atoms with Crippen LogP contribution in [0.4, 0.5) is 0 Å². The molecule has 0 radical (unpaired) electrons. The molecule has 2 nitrogen and oxygen atoms in total. The highest BCUT2D eigenvalue weighted by Crippen LogP contribution is 2.20. The van der Waals surface area contributed by atoms with E-state index in [-0.39, 0.29) is 5.54 Å². The number of hydrogen-bond donors (Lipinski definition) is 1. The van der Waals surface area contributed by atoms with E-state index in [1.54, 1.807) is 7.11 Å². The van der Waals surface area contributed by atoms with Crippen molar-refractivity contribution in [3.05, 3.63) is 64.7 Å². The summed E-state index contributed by atoms with van der Waals surface area (Å²) in [4.78, 5) is 0. The van der Waals surface area contributed by atoms with Crippen LogP contribution in [0.3, 0.4) is 0 Å². The van der Waals surface area contributed by atoms with E-state index in [2.05, 4.69) is 51.1 Å². The Morgan fingerprint density at radius 2 is 1.43 bits per heavy atom. The molecule has 0 amide bonds. The molecule has 0 aliphatic rings. The monoisotopic (exact) mass is 283 g/mol. The van der Waals surface area contributed by atoms with Gasteiger partial charge < -0.3 is 10.5 Å². The van der Waals surface area contributed by atoms with Crippen LogP contribution in [0.25, 0.3) is 0 Å². The molecule has 0 aliphatic carbocycles. The van der Waals surface area contributed by atoms with Crippen LogP contribution in [0.5, 0.6) is 5.75 Å². The zero-order valence-electron chi connectivity index (χ0n) is 13.4. The molecule has 0 saturated carbocycles. The van der Waals surface area contributed by atoms with E-state index in [1.807, 2.05) is 12.1 Å². The minimum atomic E-state index is -0.255. The van der Waals surface area contributed by atoms with Gasteiger partial charge in [0.2, 0.25) is 0 Å². The molecule has 112 valence electrons. The van der Waals surface area contributed by atoms with Gasteiger partial charge in [-0.3, -0.25) is 0 Å². The van der Waals surface area contributed by atoms with Crippen LogP contribution in [0, 0.1) is 13.8 Å². The highest BCUT2D eigenvalue weighted by molar-refractivity contribution is 5.31. The minimum Gasteiger partial charge on any atom is -0.497 e. The summed E-state index contributed by atoms with van der Waals surface area (Å²) in [6.45, 7) is 6.39. The van der Waals surface area contributed by atoms with Gasteiger partial charge >= 0.3 is 0 Å². The van der Waals surface area contributed by atoms with Gasteiger partial charge in [-0.25, -0.2) is 0 Å². The molecule has 0 heterocycles.